The molecule has 5 aromatic carbocycles. The highest BCUT2D eigenvalue weighted by Gasteiger charge is 2.37. The molecule has 9 rings (SSSR count). The number of ether oxygens (including phenoxy) is 2. The van der Waals surface area contributed by atoms with Crippen molar-refractivity contribution in [2.45, 2.75) is 50.7 Å². The minimum absolute atomic E-state index is 0.0797. The van der Waals surface area contributed by atoms with Gasteiger partial charge in [0.15, 0.2) is 0 Å². The number of piperidine rings is 3. The number of phenols is 1. The summed E-state index contributed by atoms with van der Waals surface area (Å²) in [7, 11) is 0. The van der Waals surface area contributed by atoms with Crippen molar-refractivity contribution in [1.82, 2.24) is 25.4 Å². The minimum Gasteiger partial charge on any atom is -0.506 e. The second-order valence-electron chi connectivity index (χ2n) is 16.3. The van der Waals surface area contributed by atoms with Gasteiger partial charge in [-0.15, -0.1) is 0 Å². The van der Waals surface area contributed by atoms with Crippen molar-refractivity contribution in [3.8, 4) is 11.5 Å². The van der Waals surface area contributed by atoms with Gasteiger partial charge in [-0.25, -0.2) is 9.18 Å². The number of nitrogens with zero attached hydrogens (tertiary/aromatic N) is 2. The average molecular weight is 854 g/mol. The summed E-state index contributed by atoms with van der Waals surface area (Å²) in [6, 6.07) is 36.3. The van der Waals surface area contributed by atoms with Gasteiger partial charge in [0.05, 0.1) is 17.7 Å². The number of aliphatic hydroxyl groups excluding tert-OH is 1. The number of halogens is 1. The van der Waals surface area contributed by atoms with Gasteiger partial charge in [-0.05, 0) is 121 Å². The van der Waals surface area contributed by atoms with Crippen molar-refractivity contribution in [3.05, 3.63) is 177 Å². The fourth-order valence-corrected chi connectivity index (χ4v) is 8.57. The summed E-state index contributed by atoms with van der Waals surface area (Å²) in [4.78, 5) is 45.8. The molecule has 0 saturated carbocycles. The first-order valence-corrected chi connectivity index (χ1v) is 21.5. The molecule has 12 nitrogen and oxygen atoms in total. The number of alkyl carbamates (subject to hydrolysis) is 1. The molecular formula is C50H52FN5O7. The van der Waals surface area contributed by atoms with E-state index in [0.717, 1.165) is 54.7 Å². The molecule has 1 unspecified atom stereocenters. The molecule has 6 aromatic rings. The van der Waals surface area contributed by atoms with Crippen LogP contribution in [0.4, 0.5) is 9.18 Å². The van der Waals surface area contributed by atoms with E-state index in [4.69, 9.17) is 9.47 Å². The lowest BCUT2D eigenvalue weighted by molar-refractivity contribution is -0.0336. The van der Waals surface area contributed by atoms with Crippen LogP contribution >= 0.6 is 0 Å². The highest BCUT2D eigenvalue weighted by molar-refractivity contribution is 5.94. The standard InChI is InChI=1S/C50H52FN5O7/c51-39-16-12-33(13-17-39)30-56(25-5-24-52-29-44(58)41-18-20-43(57)48-42(41)19-21-46(59)53-48)49(60)37-14-10-34(11-15-37)32-62-40-9-4-8-38(28-40)47(36-6-2-1-3-7-36)54-50(61)63-45-31-55-26-22-35(45)23-27-55/h1-4,6-21,28,35,44-45,47,52,57-58H,5,22-27,29-32H2,(H,53,59)(H,54,61)/t44-,45+,47?/m1/s1. The number of H-pyrrole nitrogens is 1. The first-order chi connectivity index (χ1) is 30.7. The molecule has 2 bridgehead atoms. The maximum Gasteiger partial charge on any atom is 0.408 e. The Morgan fingerprint density at radius 3 is 2.37 bits per heavy atom. The second-order valence-corrected chi connectivity index (χ2v) is 16.3. The zero-order chi connectivity index (χ0) is 43.7. The summed E-state index contributed by atoms with van der Waals surface area (Å²) in [6.45, 7) is 4.51. The smallest absolute Gasteiger partial charge is 0.408 e. The van der Waals surface area contributed by atoms with E-state index in [0.29, 0.717) is 47.7 Å². The van der Waals surface area contributed by atoms with Gasteiger partial charge in [-0.1, -0.05) is 72.8 Å². The van der Waals surface area contributed by atoms with Crippen LogP contribution in [0.2, 0.25) is 0 Å². The zero-order valence-electron chi connectivity index (χ0n) is 34.9. The van der Waals surface area contributed by atoms with Crippen LogP contribution in [0.1, 0.15) is 69.6 Å². The van der Waals surface area contributed by atoms with Gasteiger partial charge in [0.1, 0.15) is 30.0 Å². The maximum atomic E-state index is 14.0. The molecule has 13 heteroatoms. The molecule has 0 radical (unpaired) electrons. The summed E-state index contributed by atoms with van der Waals surface area (Å²) in [6.07, 6.45) is 1.21. The van der Waals surface area contributed by atoms with Crippen LogP contribution in [-0.2, 0) is 17.9 Å². The lowest BCUT2D eigenvalue weighted by Crippen LogP contribution is -2.52. The molecule has 326 valence electrons. The number of aromatic nitrogens is 1. The van der Waals surface area contributed by atoms with Gasteiger partial charge < -0.3 is 40.2 Å². The number of aliphatic hydroxyl groups is 1. The number of pyridine rings is 1. The Balaban J connectivity index is 0.877. The number of fused-ring (bicyclic) bond motifs is 4. The summed E-state index contributed by atoms with van der Waals surface area (Å²) >= 11 is 0. The van der Waals surface area contributed by atoms with Crippen LogP contribution in [0, 0.1) is 11.7 Å². The van der Waals surface area contributed by atoms with Crippen molar-refractivity contribution in [2.75, 3.05) is 39.3 Å². The van der Waals surface area contributed by atoms with Crippen LogP contribution < -0.4 is 20.9 Å². The zero-order valence-corrected chi connectivity index (χ0v) is 34.9. The lowest BCUT2D eigenvalue weighted by Gasteiger charge is -2.43. The van der Waals surface area contributed by atoms with Gasteiger partial charge in [-0.2, -0.15) is 0 Å². The monoisotopic (exact) mass is 853 g/mol. The predicted molar refractivity (Wildman–Crippen MR) is 238 cm³/mol. The molecular weight excluding hydrogens is 802 g/mol. The number of nitrogens with one attached hydrogen (secondary N) is 3. The summed E-state index contributed by atoms with van der Waals surface area (Å²) in [5.74, 6) is 0.405. The Kier molecular flexibility index (Phi) is 13.8. The Morgan fingerprint density at radius 2 is 1.62 bits per heavy atom. The number of hydrogen-bond acceptors (Lipinski definition) is 9. The van der Waals surface area contributed by atoms with Gasteiger partial charge >= 0.3 is 6.09 Å². The predicted octanol–water partition coefficient (Wildman–Crippen LogP) is 7.22. The average Bonchev–Trinajstić information content (AvgIpc) is 3.31. The number of rotatable bonds is 17. The third-order valence-electron chi connectivity index (χ3n) is 12.0. The third-order valence-corrected chi connectivity index (χ3v) is 12.0. The quantitative estimate of drug-likeness (QED) is 0.0599. The molecule has 5 N–H and O–H groups in total. The molecule has 3 aliphatic rings. The molecule has 0 aliphatic carbocycles. The fourth-order valence-electron chi connectivity index (χ4n) is 8.57. The van der Waals surface area contributed by atoms with Crippen molar-refractivity contribution in [2.24, 2.45) is 5.92 Å². The van der Waals surface area contributed by atoms with Crippen LogP contribution in [0.5, 0.6) is 11.5 Å². The van der Waals surface area contributed by atoms with E-state index >= 15 is 0 Å². The number of carbonyl (C=O) groups excluding carboxylic acids is 2. The third kappa shape index (κ3) is 10.9. The maximum absolute atomic E-state index is 14.0. The molecule has 63 heavy (non-hydrogen) atoms. The number of aromatic amines is 1. The van der Waals surface area contributed by atoms with Crippen LogP contribution in [-0.4, -0.2) is 82.4 Å². The van der Waals surface area contributed by atoms with E-state index in [2.05, 4.69) is 20.5 Å². The van der Waals surface area contributed by atoms with E-state index in [-0.39, 0.29) is 54.4 Å². The normalized spacial score (nSPS) is 17.8. The number of hydrogen-bond donors (Lipinski definition) is 5. The summed E-state index contributed by atoms with van der Waals surface area (Å²) < 4.78 is 26.0. The number of carbonyl (C=O) groups is 2. The second kappa shape index (κ2) is 20.1. The Bertz CT molecular complexity index is 2550. The molecule has 3 aliphatic heterocycles. The van der Waals surface area contributed by atoms with Crippen molar-refractivity contribution in [3.63, 3.8) is 0 Å². The molecule has 3 fully saturated rings. The van der Waals surface area contributed by atoms with Gasteiger partial charge in [0.2, 0.25) is 5.56 Å². The van der Waals surface area contributed by atoms with Crippen LogP contribution in [0.25, 0.3) is 10.9 Å². The Morgan fingerprint density at radius 1 is 0.873 bits per heavy atom. The Hall–Kier alpha value is -6.54. The fraction of sp³-hybridized carbons (Fsp3) is 0.300. The Labute approximate surface area is 365 Å². The minimum atomic E-state index is -0.916. The van der Waals surface area contributed by atoms with Gasteiger partial charge in [0, 0.05) is 43.2 Å². The van der Waals surface area contributed by atoms with E-state index < -0.39 is 18.2 Å². The SMILES string of the molecule is O=C(NC(c1ccccc1)c1cccc(OCc2ccc(C(=O)N(CCCNC[C@@H](O)c3ccc(O)c4[nH]c(=O)ccc34)Cc3ccc(F)cc3)cc2)c1)O[C@H]1CN2CCC1CC2. The van der Waals surface area contributed by atoms with Crippen LogP contribution in [0.15, 0.2) is 132 Å². The lowest BCUT2D eigenvalue weighted by atomic mass is 9.86. The van der Waals surface area contributed by atoms with E-state index in [1.807, 2.05) is 66.7 Å². The topological polar surface area (TPSA) is 156 Å². The van der Waals surface area contributed by atoms with Crippen molar-refractivity contribution < 1.29 is 33.7 Å². The van der Waals surface area contributed by atoms with E-state index in [1.54, 1.807) is 41.3 Å². The molecule has 3 saturated heterocycles. The highest BCUT2D eigenvalue weighted by atomic mass is 19.1. The number of amides is 2. The van der Waals surface area contributed by atoms with E-state index in [1.165, 1.54) is 24.3 Å². The van der Waals surface area contributed by atoms with E-state index in [9.17, 15) is 29.0 Å². The molecule has 3 atom stereocenters. The van der Waals surface area contributed by atoms with Crippen molar-refractivity contribution in [1.29, 1.82) is 0 Å². The number of phenolic OH excluding ortho intramolecular Hbond substituents is 1. The first-order valence-electron chi connectivity index (χ1n) is 21.5. The first kappa shape index (κ1) is 43.1. The molecule has 2 amide bonds. The largest absolute Gasteiger partial charge is 0.506 e. The number of benzene rings is 5. The molecule has 0 spiro atoms. The summed E-state index contributed by atoms with van der Waals surface area (Å²) in [5.41, 5.74) is 4.38. The van der Waals surface area contributed by atoms with Gasteiger partial charge in [0.25, 0.3) is 5.91 Å². The summed E-state index contributed by atoms with van der Waals surface area (Å²) in [5, 5.41) is 28.1. The molecule has 4 heterocycles. The van der Waals surface area contributed by atoms with Crippen molar-refractivity contribution >= 4 is 22.9 Å². The highest BCUT2D eigenvalue weighted by Crippen LogP contribution is 2.32. The number of aromatic hydroxyl groups is 1. The molecule has 1 aromatic heterocycles. The van der Waals surface area contributed by atoms with Gasteiger partial charge in [-0.3, -0.25) is 14.5 Å². The van der Waals surface area contributed by atoms with Crippen LogP contribution in [0.3, 0.4) is 0 Å².